The molecule has 182 valence electrons. The van der Waals surface area contributed by atoms with Crippen LogP contribution in [0.5, 0.6) is 11.5 Å². The molecule has 1 aromatic carbocycles. The Bertz CT molecular complexity index is 1180. The molecule has 5 rings (SSSR count). The Labute approximate surface area is 194 Å². The van der Waals surface area contributed by atoms with Crippen molar-refractivity contribution in [2.75, 3.05) is 56.7 Å². The summed E-state index contributed by atoms with van der Waals surface area (Å²) in [6, 6.07) is 5.65. The molecule has 34 heavy (non-hydrogen) atoms. The van der Waals surface area contributed by atoms with Crippen LogP contribution in [0.1, 0.15) is 12.8 Å². The van der Waals surface area contributed by atoms with Crippen LogP contribution < -0.4 is 24.6 Å². The van der Waals surface area contributed by atoms with Crippen LogP contribution >= 0.6 is 0 Å². The van der Waals surface area contributed by atoms with Crippen molar-refractivity contribution in [1.29, 1.82) is 0 Å². The number of rotatable bonds is 5. The van der Waals surface area contributed by atoms with Gasteiger partial charge in [-0.3, -0.25) is 0 Å². The first kappa shape index (κ1) is 22.5. The molecular formula is C22H26F3N7O2. The van der Waals surface area contributed by atoms with Crippen LogP contribution in [0.15, 0.2) is 24.3 Å². The average Bonchev–Trinajstić information content (AvgIpc) is 3.23. The number of likely N-dealkylation sites (N-methyl/N-ethyl adjacent to an activating group) is 1. The Morgan fingerprint density at radius 2 is 1.97 bits per heavy atom. The molecule has 0 unspecified atom stereocenters. The molecule has 0 atom stereocenters. The molecule has 4 heterocycles. The van der Waals surface area contributed by atoms with Gasteiger partial charge in [-0.1, -0.05) is 12.1 Å². The molecule has 2 aromatic heterocycles. The molecule has 12 heteroatoms. The number of alkyl halides is 3. The maximum absolute atomic E-state index is 12.7. The van der Waals surface area contributed by atoms with Crippen LogP contribution in [0, 0.1) is 5.92 Å². The molecule has 0 bridgehead atoms. The van der Waals surface area contributed by atoms with Crippen LogP contribution in [-0.4, -0.2) is 73.1 Å². The van der Waals surface area contributed by atoms with Gasteiger partial charge in [-0.2, -0.15) is 4.52 Å². The molecule has 0 radical (unpaired) electrons. The van der Waals surface area contributed by atoms with Gasteiger partial charge in [0.15, 0.2) is 17.4 Å². The van der Waals surface area contributed by atoms with E-state index in [0.717, 1.165) is 44.0 Å². The van der Waals surface area contributed by atoms with Gasteiger partial charge in [-0.25, -0.2) is 0 Å². The second-order valence-corrected chi connectivity index (χ2v) is 8.59. The number of aromatic nitrogens is 4. The van der Waals surface area contributed by atoms with Crippen molar-refractivity contribution in [3.05, 3.63) is 24.3 Å². The van der Waals surface area contributed by atoms with E-state index >= 15 is 0 Å². The van der Waals surface area contributed by atoms with Crippen LogP contribution in [0.4, 0.5) is 24.7 Å². The zero-order valence-corrected chi connectivity index (χ0v) is 19.0. The standard InChI is InChI=1S/C22H26F3N7O2/c1-26-13-14-6-8-31(9-7-14)20-17-18(33-11-10-30(17)2)21-28-27-19(32(21)29-20)15-4-3-5-16(12-15)34-22(23,24)25/h3-5,12,14,26H,6-11,13H2,1-2H3. The van der Waals surface area contributed by atoms with Crippen molar-refractivity contribution in [2.45, 2.75) is 19.2 Å². The van der Waals surface area contributed by atoms with Crippen LogP contribution in [-0.2, 0) is 0 Å². The normalized spacial score (nSPS) is 17.1. The van der Waals surface area contributed by atoms with Crippen LogP contribution in [0.3, 0.4) is 0 Å². The molecule has 9 nitrogen and oxygen atoms in total. The molecule has 0 amide bonds. The fourth-order valence-corrected chi connectivity index (χ4v) is 4.60. The molecular weight excluding hydrogens is 451 g/mol. The van der Waals surface area contributed by atoms with Crippen LogP contribution in [0.25, 0.3) is 17.0 Å². The SMILES string of the molecule is CNCC1CCN(c2nn3c(-c4cccc(OC(F)(F)F)c4)nnc3c3c2N(C)CCO3)CC1. The summed E-state index contributed by atoms with van der Waals surface area (Å²) in [7, 11) is 3.96. The van der Waals surface area contributed by atoms with Crippen molar-refractivity contribution in [1.82, 2.24) is 25.1 Å². The highest BCUT2D eigenvalue weighted by Crippen LogP contribution is 2.42. The lowest BCUT2D eigenvalue weighted by Gasteiger charge is -2.37. The average molecular weight is 477 g/mol. The minimum Gasteiger partial charge on any atom is -0.486 e. The Morgan fingerprint density at radius 1 is 1.18 bits per heavy atom. The summed E-state index contributed by atoms with van der Waals surface area (Å²) in [5, 5.41) is 16.7. The Morgan fingerprint density at radius 3 is 2.71 bits per heavy atom. The molecule has 3 aromatic rings. The summed E-state index contributed by atoms with van der Waals surface area (Å²) in [5.74, 6) is 1.93. The number of benzene rings is 1. The lowest BCUT2D eigenvalue weighted by atomic mass is 9.97. The quantitative estimate of drug-likeness (QED) is 0.601. The number of hydrogen-bond acceptors (Lipinski definition) is 8. The monoisotopic (exact) mass is 477 g/mol. The van der Waals surface area contributed by atoms with E-state index in [-0.39, 0.29) is 5.75 Å². The summed E-state index contributed by atoms with van der Waals surface area (Å²) >= 11 is 0. The molecule has 1 N–H and O–H groups in total. The van der Waals surface area contributed by atoms with Gasteiger partial charge in [-0.05, 0) is 44.5 Å². The molecule has 0 aliphatic carbocycles. The first-order valence-electron chi connectivity index (χ1n) is 11.2. The highest BCUT2D eigenvalue weighted by atomic mass is 19.4. The zero-order valence-electron chi connectivity index (χ0n) is 19.0. The first-order valence-corrected chi connectivity index (χ1v) is 11.2. The fraction of sp³-hybridized carbons (Fsp3) is 0.500. The lowest BCUT2D eigenvalue weighted by Crippen LogP contribution is -2.39. The predicted octanol–water partition coefficient (Wildman–Crippen LogP) is 2.95. The van der Waals surface area contributed by atoms with Gasteiger partial charge in [0.2, 0.25) is 5.65 Å². The second-order valence-electron chi connectivity index (χ2n) is 8.59. The van der Waals surface area contributed by atoms with E-state index in [0.29, 0.717) is 41.9 Å². The smallest absolute Gasteiger partial charge is 0.486 e. The highest BCUT2D eigenvalue weighted by molar-refractivity contribution is 5.82. The third-order valence-corrected chi connectivity index (χ3v) is 6.25. The number of hydrogen-bond donors (Lipinski definition) is 1. The largest absolute Gasteiger partial charge is 0.573 e. The van der Waals surface area contributed by atoms with Crippen molar-refractivity contribution in [3.63, 3.8) is 0 Å². The number of nitrogens with one attached hydrogen (secondary N) is 1. The van der Waals surface area contributed by atoms with E-state index in [1.807, 2.05) is 14.1 Å². The van der Waals surface area contributed by atoms with E-state index in [9.17, 15) is 13.2 Å². The van der Waals surface area contributed by atoms with Crippen molar-refractivity contribution < 1.29 is 22.6 Å². The summed E-state index contributed by atoms with van der Waals surface area (Å²) in [6.07, 6.45) is -2.72. The van der Waals surface area contributed by atoms with Gasteiger partial charge in [0, 0.05) is 25.7 Å². The fourth-order valence-electron chi connectivity index (χ4n) is 4.60. The second kappa shape index (κ2) is 8.82. The molecule has 0 saturated carbocycles. The maximum atomic E-state index is 12.7. The van der Waals surface area contributed by atoms with Crippen LogP contribution in [0.2, 0.25) is 0 Å². The van der Waals surface area contributed by atoms with Gasteiger partial charge in [0.25, 0.3) is 0 Å². The number of anilines is 2. The van der Waals surface area contributed by atoms with Gasteiger partial charge in [0.1, 0.15) is 18.0 Å². The summed E-state index contributed by atoms with van der Waals surface area (Å²) < 4.78 is 49.9. The van der Waals surface area contributed by atoms with E-state index in [1.54, 1.807) is 10.6 Å². The lowest BCUT2D eigenvalue weighted by molar-refractivity contribution is -0.274. The Balaban J connectivity index is 1.58. The Kier molecular flexibility index (Phi) is 5.84. The van der Waals surface area contributed by atoms with Gasteiger partial charge in [-0.15, -0.1) is 28.5 Å². The van der Waals surface area contributed by atoms with Crippen molar-refractivity contribution in [2.24, 2.45) is 5.92 Å². The third-order valence-electron chi connectivity index (χ3n) is 6.25. The topological polar surface area (TPSA) is 80.0 Å². The van der Waals surface area contributed by atoms with E-state index in [2.05, 4.69) is 30.1 Å². The number of ether oxygens (including phenoxy) is 2. The first-order chi connectivity index (χ1) is 16.3. The minimum atomic E-state index is -4.78. The molecule has 2 aliphatic rings. The van der Waals surface area contributed by atoms with E-state index in [1.165, 1.54) is 18.2 Å². The van der Waals surface area contributed by atoms with E-state index in [4.69, 9.17) is 9.84 Å². The zero-order chi connectivity index (χ0) is 23.9. The molecule has 1 saturated heterocycles. The highest BCUT2D eigenvalue weighted by Gasteiger charge is 2.33. The van der Waals surface area contributed by atoms with Gasteiger partial charge in [0.05, 0.1) is 6.54 Å². The summed E-state index contributed by atoms with van der Waals surface area (Å²) in [5.41, 5.74) is 1.69. The Hall–Kier alpha value is -3.28. The third kappa shape index (κ3) is 4.29. The number of fused-ring (bicyclic) bond motifs is 3. The van der Waals surface area contributed by atoms with Crippen molar-refractivity contribution >= 4 is 17.2 Å². The predicted molar refractivity (Wildman–Crippen MR) is 121 cm³/mol. The number of halogens is 3. The molecule has 2 aliphatic heterocycles. The van der Waals surface area contributed by atoms with Crippen molar-refractivity contribution in [3.8, 4) is 22.9 Å². The number of nitrogens with zero attached hydrogens (tertiary/aromatic N) is 6. The summed E-state index contributed by atoms with van der Waals surface area (Å²) in [6.45, 7) is 3.87. The minimum absolute atomic E-state index is 0.313. The van der Waals surface area contributed by atoms with Gasteiger partial charge >= 0.3 is 6.36 Å². The van der Waals surface area contributed by atoms with Gasteiger partial charge < -0.3 is 24.6 Å². The number of piperidine rings is 1. The van der Waals surface area contributed by atoms with E-state index < -0.39 is 6.36 Å². The summed E-state index contributed by atoms with van der Waals surface area (Å²) in [4.78, 5) is 4.34. The maximum Gasteiger partial charge on any atom is 0.573 e. The molecule has 1 fully saturated rings. The molecule has 0 spiro atoms.